The minimum absolute atomic E-state index is 0.0806. The number of hydrogen-bond donors (Lipinski definition) is 2. The smallest absolute Gasteiger partial charge is 0.407 e. The first-order valence-electron chi connectivity index (χ1n) is 6.78. The first-order valence-corrected chi connectivity index (χ1v) is 6.78. The molecule has 2 atom stereocenters. The fraction of sp³-hybridized carbons (Fsp3) is 0.833. The third-order valence-corrected chi connectivity index (χ3v) is 2.75. The summed E-state index contributed by atoms with van der Waals surface area (Å²) in [5.74, 6) is 0. The van der Waals surface area contributed by atoms with E-state index in [4.69, 9.17) is 18.9 Å². The third kappa shape index (κ3) is 7.15. The monoisotopic (exact) mass is 288 g/mol. The second-order valence-electron chi connectivity index (χ2n) is 4.67. The van der Waals surface area contributed by atoms with Crippen molar-refractivity contribution in [1.82, 2.24) is 10.6 Å². The van der Waals surface area contributed by atoms with Crippen LogP contribution in [0.3, 0.4) is 0 Å². The van der Waals surface area contributed by atoms with E-state index in [1.165, 1.54) is 0 Å². The molecule has 2 rings (SSSR count). The van der Waals surface area contributed by atoms with Crippen LogP contribution in [0, 0.1) is 0 Å². The lowest BCUT2D eigenvalue weighted by atomic mass is 10.3. The van der Waals surface area contributed by atoms with Gasteiger partial charge in [0.25, 0.3) is 0 Å². The molecule has 0 aromatic carbocycles. The van der Waals surface area contributed by atoms with E-state index in [1.54, 1.807) is 0 Å². The van der Waals surface area contributed by atoms with Gasteiger partial charge in [0.1, 0.15) is 25.4 Å². The van der Waals surface area contributed by atoms with Crippen molar-refractivity contribution in [2.75, 3.05) is 39.5 Å². The fourth-order valence-corrected chi connectivity index (χ4v) is 1.40. The summed E-state index contributed by atoms with van der Waals surface area (Å²) in [7, 11) is 0. The number of nitrogens with one attached hydrogen (secondary N) is 2. The van der Waals surface area contributed by atoms with Crippen molar-refractivity contribution in [1.29, 1.82) is 0 Å². The van der Waals surface area contributed by atoms with Gasteiger partial charge in [-0.1, -0.05) is 0 Å². The van der Waals surface area contributed by atoms with Gasteiger partial charge in [0.15, 0.2) is 0 Å². The molecule has 2 aliphatic rings. The summed E-state index contributed by atoms with van der Waals surface area (Å²) in [6.07, 6.45) is 0.797. The molecule has 0 aromatic rings. The molecule has 0 aliphatic carbocycles. The molecule has 8 nitrogen and oxygen atoms in total. The number of rotatable bonds is 9. The van der Waals surface area contributed by atoms with Gasteiger partial charge in [-0.15, -0.1) is 0 Å². The van der Waals surface area contributed by atoms with Crippen LogP contribution in [0.5, 0.6) is 0 Å². The first kappa shape index (κ1) is 14.9. The van der Waals surface area contributed by atoms with E-state index in [9.17, 15) is 9.59 Å². The Morgan fingerprint density at radius 2 is 1.30 bits per heavy atom. The Bertz CT molecular complexity index is 298. The number of ether oxygens (including phenoxy) is 4. The predicted octanol–water partition coefficient (Wildman–Crippen LogP) is 0.0166. The molecule has 0 aromatic heterocycles. The van der Waals surface area contributed by atoms with E-state index in [-0.39, 0.29) is 12.2 Å². The lowest BCUT2D eigenvalue weighted by Gasteiger charge is -2.07. The summed E-state index contributed by atoms with van der Waals surface area (Å²) in [5, 5.41) is 5.25. The van der Waals surface area contributed by atoms with Crippen LogP contribution in [0.4, 0.5) is 9.59 Å². The highest BCUT2D eigenvalue weighted by Gasteiger charge is 2.24. The van der Waals surface area contributed by atoms with E-state index in [0.29, 0.717) is 39.5 Å². The molecule has 2 aliphatic heterocycles. The highest BCUT2D eigenvalue weighted by atomic mass is 16.6. The molecule has 2 N–H and O–H groups in total. The third-order valence-electron chi connectivity index (χ3n) is 2.75. The van der Waals surface area contributed by atoms with E-state index < -0.39 is 12.2 Å². The Kier molecular flexibility index (Phi) is 5.87. The van der Waals surface area contributed by atoms with Crippen LogP contribution in [-0.2, 0) is 18.9 Å². The lowest BCUT2D eigenvalue weighted by molar-refractivity contribution is 0.134. The van der Waals surface area contributed by atoms with E-state index in [1.807, 2.05) is 0 Å². The number of alkyl carbamates (subject to hydrolysis) is 2. The summed E-state index contributed by atoms with van der Waals surface area (Å²) in [5.41, 5.74) is 0. The number of unbranched alkanes of at least 4 members (excludes halogenated alkanes) is 1. The van der Waals surface area contributed by atoms with Crippen LogP contribution in [-0.4, -0.2) is 63.9 Å². The molecule has 20 heavy (non-hydrogen) atoms. The maximum atomic E-state index is 11.2. The van der Waals surface area contributed by atoms with Crippen LogP contribution in [0.1, 0.15) is 12.8 Å². The standard InChI is InChI=1S/C12H20N2O6/c15-11(19-7-9-5-17-9)13-3-1-2-4-14-12(16)20-8-10-6-18-10/h9-10H,1-8H2,(H,13,15)(H,14,16). The zero-order valence-corrected chi connectivity index (χ0v) is 11.3. The molecule has 0 bridgehead atoms. The summed E-state index contributed by atoms with van der Waals surface area (Å²) in [4.78, 5) is 22.4. The Labute approximate surface area is 117 Å². The average molecular weight is 288 g/mol. The largest absolute Gasteiger partial charge is 0.447 e. The van der Waals surface area contributed by atoms with Gasteiger partial charge in [-0.3, -0.25) is 0 Å². The van der Waals surface area contributed by atoms with Crippen LogP contribution < -0.4 is 10.6 Å². The normalized spacial score (nSPS) is 22.8. The minimum atomic E-state index is -0.433. The van der Waals surface area contributed by atoms with E-state index in [2.05, 4.69) is 10.6 Å². The number of epoxide rings is 2. The van der Waals surface area contributed by atoms with E-state index in [0.717, 1.165) is 12.8 Å². The fourth-order valence-electron chi connectivity index (χ4n) is 1.40. The van der Waals surface area contributed by atoms with Crippen molar-refractivity contribution in [3.05, 3.63) is 0 Å². The zero-order chi connectivity index (χ0) is 14.2. The molecular weight excluding hydrogens is 268 g/mol. The van der Waals surface area contributed by atoms with Crippen molar-refractivity contribution < 1.29 is 28.5 Å². The minimum Gasteiger partial charge on any atom is -0.447 e. The molecule has 2 unspecified atom stereocenters. The van der Waals surface area contributed by atoms with Gasteiger partial charge in [-0.25, -0.2) is 9.59 Å². The molecule has 0 spiro atoms. The lowest BCUT2D eigenvalue weighted by Crippen LogP contribution is -2.29. The molecule has 2 amide bonds. The average Bonchev–Trinajstić information content (AvgIpc) is 3.31. The van der Waals surface area contributed by atoms with Crippen molar-refractivity contribution in [2.24, 2.45) is 0 Å². The Balaban J connectivity index is 1.33. The zero-order valence-electron chi connectivity index (χ0n) is 11.3. The van der Waals surface area contributed by atoms with Crippen LogP contribution in [0.25, 0.3) is 0 Å². The Morgan fingerprint density at radius 3 is 1.65 bits per heavy atom. The van der Waals surface area contributed by atoms with Gasteiger partial charge in [0.2, 0.25) is 0 Å². The summed E-state index contributed by atoms with van der Waals surface area (Å²) in [6.45, 7) is 2.98. The molecule has 2 saturated heterocycles. The predicted molar refractivity (Wildman–Crippen MR) is 67.4 cm³/mol. The highest BCUT2D eigenvalue weighted by molar-refractivity contribution is 5.67. The summed E-state index contributed by atoms with van der Waals surface area (Å²) >= 11 is 0. The molecule has 2 heterocycles. The maximum absolute atomic E-state index is 11.2. The van der Waals surface area contributed by atoms with Crippen molar-refractivity contribution in [3.8, 4) is 0 Å². The molecule has 0 radical (unpaired) electrons. The number of hydrogen-bond acceptors (Lipinski definition) is 6. The quantitative estimate of drug-likeness (QED) is 0.458. The second kappa shape index (κ2) is 7.91. The van der Waals surface area contributed by atoms with Crippen molar-refractivity contribution >= 4 is 12.2 Å². The topological polar surface area (TPSA) is 102 Å². The van der Waals surface area contributed by atoms with E-state index >= 15 is 0 Å². The van der Waals surface area contributed by atoms with Gasteiger partial charge < -0.3 is 29.6 Å². The van der Waals surface area contributed by atoms with Crippen molar-refractivity contribution in [3.63, 3.8) is 0 Å². The summed E-state index contributed by atoms with van der Waals surface area (Å²) < 4.78 is 19.6. The van der Waals surface area contributed by atoms with Gasteiger partial charge in [-0.2, -0.15) is 0 Å². The van der Waals surface area contributed by atoms with Gasteiger partial charge in [-0.05, 0) is 12.8 Å². The highest BCUT2D eigenvalue weighted by Crippen LogP contribution is 2.08. The van der Waals surface area contributed by atoms with Crippen LogP contribution in [0.2, 0.25) is 0 Å². The molecule has 8 heteroatoms. The van der Waals surface area contributed by atoms with Crippen LogP contribution >= 0.6 is 0 Å². The first-order chi connectivity index (χ1) is 9.74. The molecule has 0 saturated carbocycles. The van der Waals surface area contributed by atoms with Gasteiger partial charge in [0.05, 0.1) is 13.2 Å². The molecule has 2 fully saturated rings. The number of amides is 2. The second-order valence-corrected chi connectivity index (χ2v) is 4.67. The Hall–Kier alpha value is -1.54. The summed E-state index contributed by atoms with van der Waals surface area (Å²) in [6, 6.07) is 0. The molecular formula is C12H20N2O6. The maximum Gasteiger partial charge on any atom is 0.407 e. The SMILES string of the molecule is O=C(NCCCCNC(=O)OCC1CO1)OCC1CO1. The van der Waals surface area contributed by atoms with Gasteiger partial charge >= 0.3 is 12.2 Å². The Morgan fingerprint density at radius 1 is 0.900 bits per heavy atom. The van der Waals surface area contributed by atoms with Crippen LogP contribution in [0.15, 0.2) is 0 Å². The number of carbonyl (C=O) groups excluding carboxylic acids is 2. The van der Waals surface area contributed by atoms with Crippen molar-refractivity contribution in [2.45, 2.75) is 25.0 Å². The molecule has 114 valence electrons. The van der Waals surface area contributed by atoms with Gasteiger partial charge in [0, 0.05) is 13.1 Å². The number of carbonyl (C=O) groups is 2.